The molecule has 1 aromatic carbocycles. The molecule has 0 saturated carbocycles. The van der Waals surface area contributed by atoms with Crippen molar-refractivity contribution in [2.45, 2.75) is 26.0 Å². The molecule has 0 aliphatic rings. The van der Waals surface area contributed by atoms with Crippen LogP contribution in [0.3, 0.4) is 0 Å². The smallest absolute Gasteiger partial charge is 0.221 e. The molecular weight excluding hydrogens is 389 g/mol. The molecule has 0 aliphatic carbocycles. The maximum Gasteiger partial charge on any atom is 0.221 e. The average Bonchev–Trinajstić information content (AvgIpc) is 3.09. The van der Waals surface area contributed by atoms with Gasteiger partial charge in [-0.2, -0.15) is 0 Å². The van der Waals surface area contributed by atoms with Crippen molar-refractivity contribution in [1.29, 1.82) is 0 Å². The third-order valence-corrected chi connectivity index (χ3v) is 4.25. The number of pyridine rings is 1. The maximum absolute atomic E-state index is 14.6. The topological polar surface area (TPSA) is 111 Å². The number of fused-ring (bicyclic) bond motifs is 2. The van der Waals surface area contributed by atoms with Gasteiger partial charge in [0, 0.05) is 23.2 Å². The van der Waals surface area contributed by atoms with Crippen molar-refractivity contribution in [1.82, 2.24) is 35.4 Å². The monoisotopic (exact) mass is 409 g/mol. The van der Waals surface area contributed by atoms with Crippen LogP contribution >= 0.6 is 0 Å². The molecule has 2 N–H and O–H groups in total. The van der Waals surface area contributed by atoms with E-state index in [0.717, 1.165) is 5.39 Å². The van der Waals surface area contributed by atoms with E-state index in [1.54, 1.807) is 32.2 Å². The van der Waals surface area contributed by atoms with Gasteiger partial charge in [-0.25, -0.2) is 19.0 Å². The van der Waals surface area contributed by atoms with E-state index < -0.39 is 5.60 Å². The van der Waals surface area contributed by atoms with E-state index in [1.807, 2.05) is 6.07 Å². The predicted octanol–water partition coefficient (Wildman–Crippen LogP) is 2.22. The van der Waals surface area contributed by atoms with Crippen LogP contribution in [0.1, 0.15) is 25.1 Å². The summed E-state index contributed by atoms with van der Waals surface area (Å²) in [6, 6.07) is 6.79. The second-order valence-electron chi connectivity index (χ2n) is 7.47. The first-order valence-electron chi connectivity index (χ1n) is 9.19. The second kappa shape index (κ2) is 7.73. The average molecular weight is 409 g/mol. The van der Waals surface area contributed by atoms with Crippen molar-refractivity contribution in [3.8, 4) is 0 Å². The lowest BCUT2D eigenvalue weighted by Crippen LogP contribution is -2.30. The molecule has 30 heavy (non-hydrogen) atoms. The Morgan fingerprint density at radius 2 is 2.17 bits per heavy atom. The molecule has 4 aromatic rings. The molecule has 4 rings (SSSR count). The van der Waals surface area contributed by atoms with Crippen molar-refractivity contribution >= 4 is 27.9 Å². The zero-order valence-corrected chi connectivity index (χ0v) is 16.5. The van der Waals surface area contributed by atoms with Crippen LogP contribution in [0, 0.1) is 5.82 Å². The van der Waals surface area contributed by atoms with E-state index >= 15 is 0 Å². The highest BCUT2D eigenvalue weighted by molar-refractivity contribution is 5.79. The summed E-state index contributed by atoms with van der Waals surface area (Å²) in [5.41, 5.74) is 4.12. The lowest BCUT2D eigenvalue weighted by Gasteiger charge is -2.17. The molecule has 0 radical (unpaired) electrons. The SMILES string of the molecule is C=C(NOCC(C)(C)O)c1cnc2nnn(Cc3cc4cccnc4cc3F)c2n1. The minimum Gasteiger partial charge on any atom is -0.388 e. The van der Waals surface area contributed by atoms with E-state index in [-0.39, 0.29) is 19.0 Å². The number of hydroxylamine groups is 1. The third kappa shape index (κ3) is 4.24. The summed E-state index contributed by atoms with van der Waals surface area (Å²) < 4.78 is 16.0. The molecule has 0 amide bonds. The van der Waals surface area contributed by atoms with Gasteiger partial charge in [0.15, 0.2) is 5.65 Å². The van der Waals surface area contributed by atoms with Gasteiger partial charge in [0.25, 0.3) is 0 Å². The summed E-state index contributed by atoms with van der Waals surface area (Å²) >= 11 is 0. The van der Waals surface area contributed by atoms with Gasteiger partial charge in [-0.1, -0.05) is 17.9 Å². The second-order valence-corrected chi connectivity index (χ2v) is 7.47. The normalized spacial score (nSPS) is 11.9. The van der Waals surface area contributed by atoms with Gasteiger partial charge in [0.2, 0.25) is 5.65 Å². The van der Waals surface area contributed by atoms with Gasteiger partial charge >= 0.3 is 0 Å². The van der Waals surface area contributed by atoms with E-state index in [1.165, 1.54) is 16.9 Å². The summed E-state index contributed by atoms with van der Waals surface area (Å²) in [6.07, 6.45) is 3.10. The number of aliphatic hydroxyl groups is 1. The van der Waals surface area contributed by atoms with Crippen LogP contribution in [0.25, 0.3) is 27.9 Å². The molecule has 0 atom stereocenters. The van der Waals surface area contributed by atoms with E-state index in [9.17, 15) is 9.50 Å². The molecule has 3 heterocycles. The largest absolute Gasteiger partial charge is 0.388 e. The van der Waals surface area contributed by atoms with Crippen molar-refractivity contribution in [3.63, 3.8) is 0 Å². The predicted molar refractivity (Wildman–Crippen MR) is 108 cm³/mol. The van der Waals surface area contributed by atoms with Crippen LogP contribution in [-0.4, -0.2) is 47.3 Å². The summed E-state index contributed by atoms with van der Waals surface area (Å²) in [4.78, 5) is 18.1. The summed E-state index contributed by atoms with van der Waals surface area (Å²) in [6.45, 7) is 7.28. The standard InChI is InChI=1S/C20H20FN7O2/c1-12(26-30-11-20(2,3)29)17-9-23-18-19(24-17)28(27-25-18)10-14-7-13-5-4-6-22-16(13)8-15(14)21/h4-9,26,29H,1,10-11H2,2-3H3. The third-order valence-electron chi connectivity index (χ3n) is 4.25. The van der Waals surface area contributed by atoms with Crippen LogP contribution in [0.4, 0.5) is 4.39 Å². The number of rotatable bonds is 7. The maximum atomic E-state index is 14.6. The highest BCUT2D eigenvalue weighted by Gasteiger charge is 2.15. The molecule has 10 heteroatoms. The Labute approximate surface area is 171 Å². The van der Waals surface area contributed by atoms with Gasteiger partial charge in [0.05, 0.1) is 29.6 Å². The number of hydrogen-bond donors (Lipinski definition) is 2. The van der Waals surface area contributed by atoms with Gasteiger partial charge in [0.1, 0.15) is 18.1 Å². The Bertz CT molecular complexity index is 1230. The fourth-order valence-electron chi connectivity index (χ4n) is 2.78. The Morgan fingerprint density at radius 3 is 2.97 bits per heavy atom. The number of benzene rings is 1. The van der Waals surface area contributed by atoms with Crippen LogP contribution in [0.2, 0.25) is 0 Å². The summed E-state index contributed by atoms with van der Waals surface area (Å²) in [5, 5.41) is 18.6. The fourth-order valence-corrected chi connectivity index (χ4v) is 2.78. The van der Waals surface area contributed by atoms with E-state index in [0.29, 0.717) is 33.8 Å². The lowest BCUT2D eigenvalue weighted by atomic mass is 10.1. The van der Waals surface area contributed by atoms with Gasteiger partial charge in [-0.15, -0.1) is 5.10 Å². The Balaban J connectivity index is 1.59. The fraction of sp³-hybridized carbons (Fsp3) is 0.250. The number of aromatic nitrogens is 6. The first-order chi connectivity index (χ1) is 14.3. The highest BCUT2D eigenvalue weighted by atomic mass is 19.1. The van der Waals surface area contributed by atoms with Crippen LogP contribution < -0.4 is 5.48 Å². The zero-order valence-electron chi connectivity index (χ0n) is 16.5. The Hall–Kier alpha value is -3.50. The zero-order chi connectivity index (χ0) is 21.3. The number of nitrogens with zero attached hydrogens (tertiary/aromatic N) is 6. The molecule has 0 bridgehead atoms. The molecular formula is C20H20FN7O2. The molecule has 3 aromatic heterocycles. The highest BCUT2D eigenvalue weighted by Crippen LogP contribution is 2.19. The number of halogens is 1. The van der Waals surface area contributed by atoms with E-state index in [2.05, 4.69) is 37.3 Å². The molecule has 0 saturated heterocycles. The molecule has 0 aliphatic heterocycles. The van der Waals surface area contributed by atoms with Gasteiger partial charge in [-0.05, 0) is 26.0 Å². The van der Waals surface area contributed by atoms with E-state index in [4.69, 9.17) is 4.84 Å². The quantitative estimate of drug-likeness (QED) is 0.447. The van der Waals surface area contributed by atoms with Crippen molar-refractivity contribution in [2.75, 3.05) is 6.61 Å². The molecule has 0 fully saturated rings. The summed E-state index contributed by atoms with van der Waals surface area (Å²) in [5.74, 6) is -0.389. The van der Waals surface area contributed by atoms with Crippen molar-refractivity contribution in [3.05, 3.63) is 60.3 Å². The molecule has 0 spiro atoms. The first kappa shape index (κ1) is 19.8. The minimum atomic E-state index is -0.995. The van der Waals surface area contributed by atoms with Gasteiger partial charge in [-0.3, -0.25) is 15.3 Å². The lowest BCUT2D eigenvalue weighted by molar-refractivity contribution is -0.0448. The number of nitrogens with one attached hydrogen (secondary N) is 1. The molecule has 154 valence electrons. The van der Waals surface area contributed by atoms with Crippen LogP contribution in [0.5, 0.6) is 0 Å². The molecule has 0 unspecified atom stereocenters. The first-order valence-corrected chi connectivity index (χ1v) is 9.19. The summed E-state index contributed by atoms with van der Waals surface area (Å²) in [7, 11) is 0. The number of hydrogen-bond acceptors (Lipinski definition) is 8. The Morgan fingerprint density at radius 1 is 1.33 bits per heavy atom. The van der Waals surface area contributed by atoms with Crippen molar-refractivity contribution < 1.29 is 14.3 Å². The van der Waals surface area contributed by atoms with Crippen molar-refractivity contribution in [2.24, 2.45) is 0 Å². The van der Waals surface area contributed by atoms with Crippen LogP contribution in [-0.2, 0) is 11.4 Å². The minimum absolute atomic E-state index is 0.0529. The van der Waals surface area contributed by atoms with Gasteiger partial charge < -0.3 is 5.11 Å². The van der Waals surface area contributed by atoms with Crippen LogP contribution in [0.15, 0.2) is 43.2 Å². The molecule has 9 nitrogen and oxygen atoms in total. The Kier molecular flexibility index (Phi) is 5.10.